The topological polar surface area (TPSA) is 58.2 Å². The number of rotatable bonds is 5. The van der Waals surface area contributed by atoms with Crippen LogP contribution >= 0.6 is 11.3 Å². The zero-order chi connectivity index (χ0) is 13.7. The van der Waals surface area contributed by atoms with Gasteiger partial charge in [0.05, 0.1) is 4.88 Å². The van der Waals surface area contributed by atoms with Gasteiger partial charge in [-0.25, -0.2) is 0 Å². The fourth-order valence-corrected chi connectivity index (χ4v) is 2.23. The summed E-state index contributed by atoms with van der Waals surface area (Å²) in [6.45, 7) is 7.52. The van der Waals surface area contributed by atoms with Gasteiger partial charge in [-0.15, -0.1) is 11.3 Å². The highest BCUT2D eigenvalue weighted by Gasteiger charge is 2.19. The number of hydrogen-bond donors (Lipinski definition) is 2. The van der Waals surface area contributed by atoms with Crippen LogP contribution in [-0.2, 0) is 4.79 Å². The molecular formula is C13H20N2O2S. The second kappa shape index (κ2) is 6.54. The van der Waals surface area contributed by atoms with Gasteiger partial charge < -0.3 is 10.6 Å². The first-order chi connectivity index (χ1) is 8.45. The predicted molar refractivity (Wildman–Crippen MR) is 73.9 cm³/mol. The highest BCUT2D eigenvalue weighted by molar-refractivity contribution is 7.12. The van der Waals surface area contributed by atoms with E-state index in [9.17, 15) is 9.59 Å². The minimum absolute atomic E-state index is 0.125. The van der Waals surface area contributed by atoms with Gasteiger partial charge in [0.1, 0.15) is 6.04 Å². The van der Waals surface area contributed by atoms with E-state index in [4.69, 9.17) is 0 Å². The molecule has 1 aromatic rings. The zero-order valence-electron chi connectivity index (χ0n) is 11.2. The van der Waals surface area contributed by atoms with Crippen molar-refractivity contribution in [2.24, 2.45) is 0 Å². The molecule has 0 unspecified atom stereocenters. The maximum absolute atomic E-state index is 11.9. The minimum atomic E-state index is -0.520. The van der Waals surface area contributed by atoms with Crippen molar-refractivity contribution < 1.29 is 9.59 Å². The smallest absolute Gasteiger partial charge is 0.262 e. The lowest BCUT2D eigenvalue weighted by atomic mass is 10.2. The fourth-order valence-electron chi connectivity index (χ4n) is 1.40. The summed E-state index contributed by atoms with van der Waals surface area (Å²) in [5.41, 5.74) is 0.937. The summed E-state index contributed by atoms with van der Waals surface area (Å²) in [6, 6.07) is 1.50. The fraction of sp³-hybridized carbons (Fsp3) is 0.538. The van der Waals surface area contributed by atoms with E-state index in [2.05, 4.69) is 10.6 Å². The first-order valence-electron chi connectivity index (χ1n) is 6.11. The molecular weight excluding hydrogens is 248 g/mol. The Bertz CT molecular complexity index is 428. The number of carbonyl (C=O) groups excluding carboxylic acids is 2. The third-order valence-corrected chi connectivity index (χ3v) is 3.83. The lowest BCUT2D eigenvalue weighted by Crippen LogP contribution is -2.47. The molecule has 2 atom stereocenters. The van der Waals surface area contributed by atoms with Crippen LogP contribution in [0.15, 0.2) is 11.4 Å². The Balaban J connectivity index is 2.55. The van der Waals surface area contributed by atoms with Crippen molar-refractivity contribution in [3.63, 3.8) is 0 Å². The molecule has 5 heteroatoms. The van der Waals surface area contributed by atoms with Crippen molar-refractivity contribution in [3.05, 3.63) is 21.9 Å². The summed E-state index contributed by atoms with van der Waals surface area (Å²) in [5.74, 6) is -0.332. The highest BCUT2D eigenvalue weighted by atomic mass is 32.1. The number of nitrogens with one attached hydrogen (secondary N) is 2. The van der Waals surface area contributed by atoms with Crippen LogP contribution in [0.2, 0.25) is 0 Å². The van der Waals surface area contributed by atoms with Gasteiger partial charge in [0, 0.05) is 6.04 Å². The molecule has 2 amide bonds. The van der Waals surface area contributed by atoms with Crippen LogP contribution in [0.1, 0.15) is 42.4 Å². The lowest BCUT2D eigenvalue weighted by Gasteiger charge is -2.17. The summed E-state index contributed by atoms with van der Waals surface area (Å²) >= 11 is 1.39. The SMILES string of the molecule is CC[C@H](C)NC(=O)[C@H](C)NC(=O)c1sccc1C. The van der Waals surface area contributed by atoms with Gasteiger partial charge in [-0.1, -0.05) is 6.92 Å². The van der Waals surface area contributed by atoms with Gasteiger partial charge in [-0.3, -0.25) is 9.59 Å². The maximum atomic E-state index is 11.9. The van der Waals surface area contributed by atoms with E-state index in [1.165, 1.54) is 11.3 Å². The molecule has 1 aromatic heterocycles. The third kappa shape index (κ3) is 3.84. The summed E-state index contributed by atoms with van der Waals surface area (Å²) < 4.78 is 0. The molecule has 0 saturated carbocycles. The average Bonchev–Trinajstić information content (AvgIpc) is 2.75. The lowest BCUT2D eigenvalue weighted by molar-refractivity contribution is -0.123. The minimum Gasteiger partial charge on any atom is -0.352 e. The second-order valence-corrected chi connectivity index (χ2v) is 5.36. The Hall–Kier alpha value is -1.36. The standard InChI is InChI=1S/C13H20N2O2S/c1-5-9(3)14-12(16)10(4)15-13(17)11-8(2)6-7-18-11/h6-7,9-10H,5H2,1-4H3,(H,14,16)(H,15,17)/t9-,10-/m0/s1. The van der Waals surface area contributed by atoms with Crippen LogP contribution in [0.25, 0.3) is 0 Å². The maximum Gasteiger partial charge on any atom is 0.262 e. The van der Waals surface area contributed by atoms with Crippen molar-refractivity contribution in [2.75, 3.05) is 0 Å². The predicted octanol–water partition coefficient (Wildman–Crippen LogP) is 2.09. The zero-order valence-corrected chi connectivity index (χ0v) is 12.1. The van der Waals surface area contributed by atoms with E-state index in [-0.39, 0.29) is 17.9 Å². The molecule has 18 heavy (non-hydrogen) atoms. The van der Waals surface area contributed by atoms with Crippen molar-refractivity contribution in [2.45, 2.75) is 46.2 Å². The van der Waals surface area contributed by atoms with Crippen molar-refractivity contribution in [3.8, 4) is 0 Å². The molecule has 0 aliphatic heterocycles. The van der Waals surface area contributed by atoms with Crippen LogP contribution in [0.3, 0.4) is 0 Å². The molecule has 0 fully saturated rings. The molecule has 0 aliphatic carbocycles. The van der Waals surface area contributed by atoms with E-state index in [0.717, 1.165) is 12.0 Å². The Kier molecular flexibility index (Phi) is 5.34. The molecule has 100 valence electrons. The molecule has 0 aromatic carbocycles. The van der Waals surface area contributed by atoms with Gasteiger partial charge in [0.2, 0.25) is 5.91 Å². The summed E-state index contributed by atoms with van der Waals surface area (Å²) in [4.78, 5) is 24.4. The number of hydrogen-bond acceptors (Lipinski definition) is 3. The van der Waals surface area contributed by atoms with Crippen LogP contribution < -0.4 is 10.6 Å². The van der Waals surface area contributed by atoms with Gasteiger partial charge >= 0.3 is 0 Å². The molecule has 1 heterocycles. The quantitative estimate of drug-likeness (QED) is 0.859. The highest BCUT2D eigenvalue weighted by Crippen LogP contribution is 2.15. The van der Waals surface area contributed by atoms with Crippen molar-refractivity contribution in [1.82, 2.24) is 10.6 Å². The van der Waals surface area contributed by atoms with E-state index in [1.54, 1.807) is 6.92 Å². The molecule has 0 bridgehead atoms. The monoisotopic (exact) mass is 268 g/mol. The summed E-state index contributed by atoms with van der Waals surface area (Å²) in [5, 5.41) is 7.43. The van der Waals surface area contributed by atoms with Crippen LogP contribution in [-0.4, -0.2) is 23.9 Å². The molecule has 0 saturated heterocycles. The second-order valence-electron chi connectivity index (χ2n) is 4.45. The van der Waals surface area contributed by atoms with E-state index in [0.29, 0.717) is 4.88 Å². The van der Waals surface area contributed by atoms with Gasteiger partial charge in [0.15, 0.2) is 0 Å². The Morgan fingerprint density at radius 1 is 1.33 bits per heavy atom. The molecule has 0 spiro atoms. The van der Waals surface area contributed by atoms with E-state index >= 15 is 0 Å². The molecule has 0 radical (unpaired) electrons. The normalized spacial score (nSPS) is 13.8. The summed E-state index contributed by atoms with van der Waals surface area (Å²) in [7, 11) is 0. The average molecular weight is 268 g/mol. The van der Waals surface area contributed by atoms with Crippen LogP contribution in [0, 0.1) is 6.92 Å². The van der Waals surface area contributed by atoms with Gasteiger partial charge in [-0.2, -0.15) is 0 Å². The first kappa shape index (κ1) is 14.7. The van der Waals surface area contributed by atoms with E-state index < -0.39 is 6.04 Å². The first-order valence-corrected chi connectivity index (χ1v) is 6.99. The number of thiophene rings is 1. The van der Waals surface area contributed by atoms with Crippen molar-refractivity contribution >= 4 is 23.2 Å². The molecule has 2 N–H and O–H groups in total. The number of aryl methyl sites for hydroxylation is 1. The molecule has 1 rings (SSSR count). The van der Waals surface area contributed by atoms with E-state index in [1.807, 2.05) is 32.2 Å². The van der Waals surface area contributed by atoms with Crippen LogP contribution in [0.4, 0.5) is 0 Å². The molecule has 0 aliphatic rings. The number of amides is 2. The Morgan fingerprint density at radius 3 is 2.50 bits per heavy atom. The van der Waals surface area contributed by atoms with Crippen LogP contribution in [0.5, 0.6) is 0 Å². The number of carbonyl (C=O) groups is 2. The largest absolute Gasteiger partial charge is 0.352 e. The van der Waals surface area contributed by atoms with Crippen molar-refractivity contribution in [1.29, 1.82) is 0 Å². The molecule has 4 nitrogen and oxygen atoms in total. The van der Waals surface area contributed by atoms with Gasteiger partial charge in [0.25, 0.3) is 5.91 Å². The Morgan fingerprint density at radius 2 is 2.00 bits per heavy atom. The van der Waals surface area contributed by atoms with Gasteiger partial charge in [-0.05, 0) is 44.2 Å². The Labute approximate surface area is 112 Å². The third-order valence-electron chi connectivity index (χ3n) is 2.81. The summed E-state index contributed by atoms with van der Waals surface area (Å²) in [6.07, 6.45) is 0.871.